The highest BCUT2D eigenvalue weighted by Crippen LogP contribution is 2.09. The molecule has 1 rings (SSSR count). The Kier molecular flexibility index (Phi) is 6.20. The van der Waals surface area contributed by atoms with Crippen LogP contribution in [0.15, 0.2) is 0 Å². The van der Waals surface area contributed by atoms with E-state index in [1.165, 1.54) is 58.3 Å². The number of hydrogen-bond acceptors (Lipinski definition) is 2. The summed E-state index contributed by atoms with van der Waals surface area (Å²) in [5.41, 5.74) is 0. The van der Waals surface area contributed by atoms with Gasteiger partial charge in [0.25, 0.3) is 0 Å². The first-order valence-electron chi connectivity index (χ1n) is 6.32. The van der Waals surface area contributed by atoms with Gasteiger partial charge < -0.3 is 10.2 Å². The van der Waals surface area contributed by atoms with Crippen molar-refractivity contribution in [3.05, 3.63) is 0 Å². The van der Waals surface area contributed by atoms with E-state index in [9.17, 15) is 0 Å². The van der Waals surface area contributed by atoms with Crippen molar-refractivity contribution >= 4 is 0 Å². The number of nitrogens with one attached hydrogen (secondary N) is 1. The maximum atomic E-state index is 3.66. The van der Waals surface area contributed by atoms with Crippen molar-refractivity contribution in [1.29, 1.82) is 0 Å². The molecule has 0 aromatic heterocycles. The lowest BCUT2D eigenvalue weighted by Gasteiger charge is -2.24. The fraction of sp³-hybridized carbons (Fsp3) is 1.00. The summed E-state index contributed by atoms with van der Waals surface area (Å²) in [5, 5.41) is 3.66. The zero-order valence-corrected chi connectivity index (χ0v) is 9.89. The molecule has 1 saturated heterocycles. The second kappa shape index (κ2) is 7.24. The molecule has 1 fully saturated rings. The van der Waals surface area contributed by atoms with Crippen LogP contribution in [0.4, 0.5) is 0 Å². The lowest BCUT2D eigenvalue weighted by atomic mass is 10.1. The Morgan fingerprint density at radius 2 is 1.86 bits per heavy atom. The summed E-state index contributed by atoms with van der Waals surface area (Å²) in [6.45, 7) is 9.63. The molecule has 0 aromatic carbocycles. The van der Waals surface area contributed by atoms with E-state index in [0.29, 0.717) is 0 Å². The van der Waals surface area contributed by atoms with Crippen molar-refractivity contribution in [2.45, 2.75) is 52.0 Å². The average Bonchev–Trinajstić information content (AvgIpc) is 2.67. The van der Waals surface area contributed by atoms with Crippen LogP contribution in [0, 0.1) is 0 Å². The molecule has 2 heteroatoms. The number of hydrogen-bond donors (Lipinski definition) is 1. The van der Waals surface area contributed by atoms with Gasteiger partial charge in [0.15, 0.2) is 0 Å². The zero-order chi connectivity index (χ0) is 10.2. The third-order valence-electron chi connectivity index (χ3n) is 3.00. The summed E-state index contributed by atoms with van der Waals surface area (Å²) < 4.78 is 0. The van der Waals surface area contributed by atoms with Crippen LogP contribution in [0.5, 0.6) is 0 Å². The summed E-state index contributed by atoms with van der Waals surface area (Å²) in [6.07, 6.45) is 6.70. The fourth-order valence-electron chi connectivity index (χ4n) is 2.23. The largest absolute Gasteiger partial charge is 0.313 e. The van der Waals surface area contributed by atoms with Crippen LogP contribution in [0.2, 0.25) is 0 Å². The number of likely N-dealkylation sites (tertiary alicyclic amines) is 1. The summed E-state index contributed by atoms with van der Waals surface area (Å²) in [6, 6.07) is 0.734. The van der Waals surface area contributed by atoms with Gasteiger partial charge in [-0.1, -0.05) is 20.3 Å². The zero-order valence-electron chi connectivity index (χ0n) is 9.89. The lowest BCUT2D eigenvalue weighted by Crippen LogP contribution is -2.40. The van der Waals surface area contributed by atoms with E-state index >= 15 is 0 Å². The molecular weight excluding hydrogens is 172 g/mol. The molecular formula is C12H26N2. The maximum absolute atomic E-state index is 3.66. The van der Waals surface area contributed by atoms with Gasteiger partial charge >= 0.3 is 0 Å². The molecule has 1 aliphatic rings. The van der Waals surface area contributed by atoms with Gasteiger partial charge in [0, 0.05) is 12.6 Å². The minimum atomic E-state index is 0.734. The molecule has 0 bridgehead atoms. The molecule has 1 aliphatic heterocycles. The van der Waals surface area contributed by atoms with E-state index in [1.54, 1.807) is 0 Å². The van der Waals surface area contributed by atoms with Crippen molar-refractivity contribution in [1.82, 2.24) is 10.2 Å². The lowest BCUT2D eigenvalue weighted by molar-refractivity contribution is 0.281. The van der Waals surface area contributed by atoms with Gasteiger partial charge in [-0.05, 0) is 45.3 Å². The second-order valence-electron chi connectivity index (χ2n) is 4.45. The Bertz CT molecular complexity index is 130. The fourth-order valence-corrected chi connectivity index (χ4v) is 2.23. The third kappa shape index (κ3) is 4.43. The molecule has 0 aromatic rings. The van der Waals surface area contributed by atoms with E-state index in [4.69, 9.17) is 0 Å². The van der Waals surface area contributed by atoms with Crippen LogP contribution in [-0.2, 0) is 0 Å². The highest BCUT2D eigenvalue weighted by atomic mass is 15.2. The average molecular weight is 198 g/mol. The molecule has 2 nitrogen and oxygen atoms in total. The predicted molar refractivity (Wildman–Crippen MR) is 62.7 cm³/mol. The minimum absolute atomic E-state index is 0.734. The molecule has 0 saturated carbocycles. The third-order valence-corrected chi connectivity index (χ3v) is 3.00. The Morgan fingerprint density at radius 1 is 1.14 bits per heavy atom. The molecule has 84 valence electrons. The second-order valence-corrected chi connectivity index (χ2v) is 4.45. The van der Waals surface area contributed by atoms with E-state index < -0.39 is 0 Å². The summed E-state index contributed by atoms with van der Waals surface area (Å²) in [7, 11) is 0. The SMILES string of the molecule is CCCNC(CCC)CN1CCCC1. The van der Waals surface area contributed by atoms with E-state index in [-0.39, 0.29) is 0 Å². The van der Waals surface area contributed by atoms with Crippen LogP contribution in [0.3, 0.4) is 0 Å². The predicted octanol–water partition coefficient (Wildman–Crippen LogP) is 2.25. The van der Waals surface area contributed by atoms with E-state index in [1.807, 2.05) is 0 Å². The van der Waals surface area contributed by atoms with Gasteiger partial charge in [-0.2, -0.15) is 0 Å². The summed E-state index contributed by atoms with van der Waals surface area (Å²) in [4.78, 5) is 2.61. The number of nitrogens with zero attached hydrogens (tertiary/aromatic N) is 1. The van der Waals surface area contributed by atoms with Gasteiger partial charge in [0.2, 0.25) is 0 Å². The van der Waals surface area contributed by atoms with Crippen LogP contribution in [0.25, 0.3) is 0 Å². The molecule has 1 atom stereocenters. The van der Waals surface area contributed by atoms with Crippen LogP contribution >= 0.6 is 0 Å². The standard InChI is InChI=1S/C12H26N2/c1-3-7-12(13-8-4-2)11-14-9-5-6-10-14/h12-13H,3-11H2,1-2H3. The first-order chi connectivity index (χ1) is 6.86. The smallest absolute Gasteiger partial charge is 0.0194 e. The van der Waals surface area contributed by atoms with Gasteiger partial charge in [-0.25, -0.2) is 0 Å². The highest BCUT2D eigenvalue weighted by molar-refractivity contribution is 4.75. The van der Waals surface area contributed by atoms with Gasteiger partial charge in [0.1, 0.15) is 0 Å². The van der Waals surface area contributed by atoms with Crippen LogP contribution in [0.1, 0.15) is 46.0 Å². The molecule has 0 amide bonds. The van der Waals surface area contributed by atoms with Crippen molar-refractivity contribution < 1.29 is 0 Å². The van der Waals surface area contributed by atoms with Gasteiger partial charge in [-0.15, -0.1) is 0 Å². The first-order valence-corrected chi connectivity index (χ1v) is 6.32. The van der Waals surface area contributed by atoms with Crippen LogP contribution < -0.4 is 5.32 Å². The summed E-state index contributed by atoms with van der Waals surface area (Å²) in [5.74, 6) is 0. The van der Waals surface area contributed by atoms with Crippen molar-refractivity contribution in [2.75, 3.05) is 26.2 Å². The monoisotopic (exact) mass is 198 g/mol. The minimum Gasteiger partial charge on any atom is -0.313 e. The molecule has 0 radical (unpaired) electrons. The highest BCUT2D eigenvalue weighted by Gasteiger charge is 2.15. The molecule has 14 heavy (non-hydrogen) atoms. The Balaban J connectivity index is 2.18. The first kappa shape index (κ1) is 12.0. The molecule has 1 unspecified atom stereocenters. The topological polar surface area (TPSA) is 15.3 Å². The van der Waals surface area contributed by atoms with Gasteiger partial charge in [-0.3, -0.25) is 0 Å². The Labute approximate surface area is 89.1 Å². The summed E-state index contributed by atoms with van der Waals surface area (Å²) >= 11 is 0. The normalized spacial score (nSPS) is 20.1. The number of rotatable bonds is 7. The quantitative estimate of drug-likeness (QED) is 0.675. The van der Waals surface area contributed by atoms with Crippen LogP contribution in [-0.4, -0.2) is 37.1 Å². The Morgan fingerprint density at radius 3 is 2.43 bits per heavy atom. The molecule has 1 heterocycles. The molecule has 1 N–H and O–H groups in total. The van der Waals surface area contributed by atoms with Gasteiger partial charge in [0.05, 0.1) is 0 Å². The van der Waals surface area contributed by atoms with E-state index in [0.717, 1.165) is 6.04 Å². The maximum Gasteiger partial charge on any atom is 0.0194 e. The molecule has 0 spiro atoms. The Hall–Kier alpha value is -0.0800. The van der Waals surface area contributed by atoms with Crippen molar-refractivity contribution in [3.63, 3.8) is 0 Å². The molecule has 0 aliphatic carbocycles. The van der Waals surface area contributed by atoms with Crippen molar-refractivity contribution in [2.24, 2.45) is 0 Å². The van der Waals surface area contributed by atoms with E-state index in [2.05, 4.69) is 24.1 Å². The van der Waals surface area contributed by atoms with Crippen molar-refractivity contribution in [3.8, 4) is 0 Å².